The summed E-state index contributed by atoms with van der Waals surface area (Å²) in [5.74, 6) is 0.412. The Balaban J connectivity index is 1.15. The van der Waals surface area contributed by atoms with Gasteiger partial charge in [0.15, 0.2) is 11.5 Å². The number of anilines is 2. The van der Waals surface area contributed by atoms with Crippen molar-refractivity contribution in [1.29, 1.82) is 0 Å². The summed E-state index contributed by atoms with van der Waals surface area (Å²) >= 11 is 0. The zero-order valence-corrected chi connectivity index (χ0v) is 19.8. The maximum Gasteiger partial charge on any atom is 0.421 e. The molecule has 198 valence electrons. The van der Waals surface area contributed by atoms with E-state index in [0.717, 1.165) is 19.3 Å². The summed E-state index contributed by atoms with van der Waals surface area (Å²) in [5, 5.41) is 12.7. The highest BCUT2D eigenvalue weighted by Crippen LogP contribution is 2.57. The predicted octanol–water partition coefficient (Wildman–Crippen LogP) is 4.22. The topological polar surface area (TPSA) is 118 Å². The fourth-order valence-corrected chi connectivity index (χ4v) is 5.63. The molecular formula is C23H25F4N7O3. The number of nitrogens with zero attached hydrogens (tertiary/aromatic N) is 4. The first-order valence-corrected chi connectivity index (χ1v) is 12.0. The smallest absolute Gasteiger partial charge is 0.421 e. The van der Waals surface area contributed by atoms with Crippen molar-refractivity contribution >= 4 is 23.5 Å². The first kappa shape index (κ1) is 23.9. The largest absolute Gasteiger partial charge is 0.443 e. The van der Waals surface area contributed by atoms with Gasteiger partial charge in [0, 0.05) is 42.7 Å². The fourth-order valence-electron chi connectivity index (χ4n) is 5.63. The summed E-state index contributed by atoms with van der Waals surface area (Å²) < 4.78 is 67.1. The quantitative estimate of drug-likeness (QED) is 0.397. The molecule has 0 aliphatic heterocycles. The third-order valence-electron chi connectivity index (χ3n) is 7.54. The van der Waals surface area contributed by atoms with Gasteiger partial charge >= 0.3 is 12.3 Å². The molecule has 2 bridgehead atoms. The van der Waals surface area contributed by atoms with Crippen LogP contribution in [0, 0.1) is 5.92 Å². The molecule has 7 rings (SSSR count). The van der Waals surface area contributed by atoms with Crippen LogP contribution in [-0.4, -0.2) is 55.6 Å². The Bertz CT molecular complexity index is 1320. The number of aromatic nitrogens is 5. The first-order valence-electron chi connectivity index (χ1n) is 12.0. The Labute approximate surface area is 208 Å². The minimum absolute atomic E-state index is 0.0211. The molecular weight excluding hydrogens is 498 g/mol. The lowest BCUT2D eigenvalue weighted by Gasteiger charge is -2.61. The van der Waals surface area contributed by atoms with Crippen molar-refractivity contribution < 1.29 is 31.8 Å². The van der Waals surface area contributed by atoms with Crippen molar-refractivity contribution in [2.75, 3.05) is 12.4 Å². The van der Waals surface area contributed by atoms with E-state index in [-0.39, 0.29) is 29.6 Å². The fraction of sp³-hybridized carbons (Fsp3) is 0.565. The van der Waals surface area contributed by atoms with Gasteiger partial charge in [-0.15, -0.1) is 0 Å². The molecule has 3 N–H and O–H groups in total. The summed E-state index contributed by atoms with van der Waals surface area (Å²) in [7, 11) is 1.41. The van der Waals surface area contributed by atoms with E-state index in [2.05, 4.69) is 30.8 Å². The number of carbonyl (C=O) groups excluding carboxylic acids is 1. The van der Waals surface area contributed by atoms with Crippen LogP contribution in [0.5, 0.6) is 0 Å². The highest BCUT2D eigenvalue weighted by atomic mass is 19.4. The molecule has 0 aromatic carbocycles. The Morgan fingerprint density at radius 3 is 2.76 bits per heavy atom. The molecule has 0 radical (unpaired) electrons. The zero-order chi connectivity index (χ0) is 25.9. The molecule has 37 heavy (non-hydrogen) atoms. The lowest BCUT2D eigenvalue weighted by molar-refractivity contribution is -0.136. The van der Waals surface area contributed by atoms with Gasteiger partial charge in [-0.1, -0.05) is 0 Å². The number of methoxy groups -OCH3 is 1. The van der Waals surface area contributed by atoms with Crippen molar-refractivity contribution in [3.05, 3.63) is 35.4 Å². The molecule has 10 nitrogen and oxygen atoms in total. The second-order valence-electron chi connectivity index (χ2n) is 10.1. The third kappa shape index (κ3) is 4.26. The second kappa shape index (κ2) is 8.57. The number of imidazole rings is 1. The number of H-pyrrole nitrogens is 1. The summed E-state index contributed by atoms with van der Waals surface area (Å²) in [4.78, 5) is 20.2. The lowest BCUT2D eigenvalue weighted by Crippen LogP contribution is -2.68. The van der Waals surface area contributed by atoms with Gasteiger partial charge in [0.25, 0.3) is 0 Å². The van der Waals surface area contributed by atoms with Crippen molar-refractivity contribution in [2.45, 2.75) is 68.6 Å². The van der Waals surface area contributed by atoms with Crippen molar-refractivity contribution in [1.82, 2.24) is 29.9 Å². The second-order valence-corrected chi connectivity index (χ2v) is 10.1. The number of halogens is 4. The highest BCUT2D eigenvalue weighted by Gasteiger charge is 2.58. The SMILES string of the molecule is COCc1cn2c(Nc3cc([C@@H]4CC[C@H](OC(=O)NC56CC(C5)C6)[C@H]4F)[nH]n3)ncc(C(F)(F)F)c2n1. The summed E-state index contributed by atoms with van der Waals surface area (Å²) in [5.41, 5.74) is -0.688. The van der Waals surface area contributed by atoms with Gasteiger partial charge in [-0.25, -0.2) is 19.2 Å². The number of alkyl halides is 4. The normalized spacial score (nSPS) is 28.6. The molecule has 0 spiro atoms. The molecule has 3 heterocycles. The van der Waals surface area contributed by atoms with Crippen LogP contribution in [0.15, 0.2) is 18.5 Å². The molecule has 4 fully saturated rings. The van der Waals surface area contributed by atoms with Crippen LogP contribution in [0.4, 0.5) is 34.1 Å². The molecule has 1 amide bonds. The van der Waals surface area contributed by atoms with E-state index in [0.29, 0.717) is 36.3 Å². The standard InChI is InChI=1S/C23H25F4N7O3/c1-36-10-12-9-34-19(29-12)14(23(25,26)27)8-28-20(34)30-17-4-15(32-33-17)13-2-3-16(18(13)24)37-21(35)31-22-5-11(6-22)7-22/h4,8-9,11,13,16,18H,2-3,5-7,10H2,1H3,(H,31,35)(H2,28,30,32,33)/t11?,13-,16-,18-,22?/m0/s1. The average Bonchev–Trinajstić information content (AvgIpc) is 3.49. The number of hydrogen-bond donors (Lipinski definition) is 3. The molecule has 3 atom stereocenters. The average molecular weight is 523 g/mol. The van der Waals surface area contributed by atoms with Crippen LogP contribution in [0.1, 0.15) is 55.0 Å². The van der Waals surface area contributed by atoms with E-state index in [1.165, 1.54) is 17.7 Å². The molecule has 3 aromatic heterocycles. The Morgan fingerprint density at radius 2 is 2.08 bits per heavy atom. The van der Waals surface area contributed by atoms with Gasteiger partial charge in [0.2, 0.25) is 5.95 Å². The van der Waals surface area contributed by atoms with Crippen molar-refractivity contribution in [2.24, 2.45) is 5.92 Å². The van der Waals surface area contributed by atoms with E-state index < -0.39 is 36.0 Å². The van der Waals surface area contributed by atoms with E-state index >= 15 is 4.39 Å². The summed E-state index contributed by atoms with van der Waals surface area (Å²) in [6, 6.07) is 1.57. The molecule has 0 saturated heterocycles. The van der Waals surface area contributed by atoms with Gasteiger partial charge in [-0.05, 0) is 38.0 Å². The Kier molecular flexibility index (Phi) is 5.55. The molecule has 0 unspecified atom stereocenters. The maximum atomic E-state index is 15.2. The van der Waals surface area contributed by atoms with Crippen LogP contribution in [0.2, 0.25) is 0 Å². The van der Waals surface area contributed by atoms with E-state index in [9.17, 15) is 18.0 Å². The minimum atomic E-state index is -4.64. The molecule has 4 aliphatic rings. The zero-order valence-electron chi connectivity index (χ0n) is 19.8. The summed E-state index contributed by atoms with van der Waals surface area (Å²) in [6.45, 7) is 0.0211. The van der Waals surface area contributed by atoms with Crippen LogP contribution >= 0.6 is 0 Å². The number of amides is 1. The minimum Gasteiger partial charge on any atom is -0.443 e. The third-order valence-corrected chi connectivity index (χ3v) is 7.54. The van der Waals surface area contributed by atoms with Gasteiger partial charge in [0.1, 0.15) is 17.8 Å². The number of hydrogen-bond acceptors (Lipinski definition) is 7. The number of carbonyl (C=O) groups is 1. The first-order chi connectivity index (χ1) is 17.6. The highest BCUT2D eigenvalue weighted by molar-refractivity contribution is 5.69. The monoisotopic (exact) mass is 523 g/mol. The number of fused-ring (bicyclic) bond motifs is 1. The number of aromatic amines is 1. The Hall–Kier alpha value is -3.42. The number of nitrogens with one attached hydrogen (secondary N) is 3. The molecule has 14 heteroatoms. The Morgan fingerprint density at radius 1 is 1.30 bits per heavy atom. The van der Waals surface area contributed by atoms with Crippen molar-refractivity contribution in [3.8, 4) is 0 Å². The predicted molar refractivity (Wildman–Crippen MR) is 121 cm³/mol. The van der Waals surface area contributed by atoms with E-state index in [4.69, 9.17) is 9.47 Å². The van der Waals surface area contributed by atoms with Crippen molar-refractivity contribution in [3.63, 3.8) is 0 Å². The molecule has 3 aromatic rings. The molecule has 4 aliphatic carbocycles. The van der Waals surface area contributed by atoms with Gasteiger partial charge in [-0.3, -0.25) is 9.50 Å². The number of ether oxygens (including phenoxy) is 2. The van der Waals surface area contributed by atoms with Gasteiger partial charge in [0.05, 0.1) is 12.3 Å². The maximum absolute atomic E-state index is 15.2. The number of alkyl carbamates (subject to hydrolysis) is 1. The van der Waals surface area contributed by atoms with Crippen LogP contribution in [0.25, 0.3) is 5.65 Å². The van der Waals surface area contributed by atoms with Crippen LogP contribution in [0.3, 0.4) is 0 Å². The summed E-state index contributed by atoms with van der Waals surface area (Å²) in [6.07, 6.45) is -1.71. The van der Waals surface area contributed by atoms with E-state index in [1.54, 1.807) is 6.07 Å². The van der Waals surface area contributed by atoms with E-state index in [1.807, 2.05) is 0 Å². The molecule has 4 saturated carbocycles. The van der Waals surface area contributed by atoms with Crippen LogP contribution < -0.4 is 10.6 Å². The lowest BCUT2D eigenvalue weighted by atomic mass is 9.50. The van der Waals surface area contributed by atoms with Crippen LogP contribution in [-0.2, 0) is 22.3 Å². The van der Waals surface area contributed by atoms with Gasteiger partial charge in [-0.2, -0.15) is 18.3 Å². The van der Waals surface area contributed by atoms with Gasteiger partial charge < -0.3 is 20.1 Å². The number of rotatable bonds is 7.